The van der Waals surface area contributed by atoms with Crippen LogP contribution < -0.4 is 11.1 Å². The number of hydrogen-bond donors (Lipinski definition) is 3. The fourth-order valence-corrected chi connectivity index (χ4v) is 2.84. The second-order valence-corrected chi connectivity index (χ2v) is 5.85. The van der Waals surface area contributed by atoms with Gasteiger partial charge in [-0.2, -0.15) is 0 Å². The number of aliphatic hydroxyl groups is 1. The van der Waals surface area contributed by atoms with Gasteiger partial charge in [0.15, 0.2) is 0 Å². The molecule has 4 nitrogen and oxygen atoms in total. The van der Waals surface area contributed by atoms with Crippen LogP contribution in [0.25, 0.3) is 0 Å². The van der Waals surface area contributed by atoms with Gasteiger partial charge in [-0.15, -0.1) is 0 Å². The maximum atomic E-state index is 12.2. The van der Waals surface area contributed by atoms with Crippen LogP contribution in [-0.4, -0.2) is 29.7 Å². The van der Waals surface area contributed by atoms with Crippen LogP contribution in [0.4, 0.5) is 0 Å². The van der Waals surface area contributed by atoms with Gasteiger partial charge in [0.05, 0.1) is 5.54 Å². The molecule has 0 aromatic heterocycles. The van der Waals surface area contributed by atoms with Crippen molar-refractivity contribution in [2.45, 2.75) is 57.9 Å². The van der Waals surface area contributed by atoms with Crippen LogP contribution in [0, 0.1) is 11.8 Å². The monoisotopic (exact) mass is 256 g/mol. The van der Waals surface area contributed by atoms with Crippen LogP contribution in [0.5, 0.6) is 0 Å². The predicted molar refractivity (Wildman–Crippen MR) is 73.0 cm³/mol. The Balaban J connectivity index is 2.43. The molecule has 106 valence electrons. The quantitative estimate of drug-likeness (QED) is 0.673. The summed E-state index contributed by atoms with van der Waals surface area (Å²) < 4.78 is 0. The van der Waals surface area contributed by atoms with E-state index in [0.29, 0.717) is 18.4 Å². The largest absolute Gasteiger partial charge is 0.396 e. The van der Waals surface area contributed by atoms with Gasteiger partial charge >= 0.3 is 0 Å². The Hall–Kier alpha value is -0.610. The van der Waals surface area contributed by atoms with Crippen molar-refractivity contribution in [3.05, 3.63) is 0 Å². The molecule has 0 bridgehead atoms. The van der Waals surface area contributed by atoms with Crippen molar-refractivity contribution in [1.82, 2.24) is 5.32 Å². The smallest absolute Gasteiger partial charge is 0.240 e. The van der Waals surface area contributed by atoms with Crippen LogP contribution >= 0.6 is 0 Å². The summed E-state index contributed by atoms with van der Waals surface area (Å²) in [6.45, 7) is 5.05. The molecule has 0 spiro atoms. The average molecular weight is 256 g/mol. The molecular weight excluding hydrogens is 228 g/mol. The van der Waals surface area contributed by atoms with E-state index in [0.717, 1.165) is 32.1 Å². The van der Waals surface area contributed by atoms with E-state index in [-0.39, 0.29) is 12.5 Å². The van der Waals surface area contributed by atoms with Crippen molar-refractivity contribution in [2.24, 2.45) is 17.6 Å². The van der Waals surface area contributed by atoms with Gasteiger partial charge in [0.2, 0.25) is 5.91 Å². The molecule has 1 rings (SSSR count). The normalized spacial score (nSPS) is 29.9. The maximum absolute atomic E-state index is 12.2. The molecule has 3 atom stereocenters. The summed E-state index contributed by atoms with van der Waals surface area (Å²) >= 11 is 0. The molecule has 1 aliphatic carbocycles. The molecule has 0 aromatic rings. The Morgan fingerprint density at radius 1 is 1.61 bits per heavy atom. The highest BCUT2D eigenvalue weighted by atomic mass is 16.3. The highest BCUT2D eigenvalue weighted by Crippen LogP contribution is 2.30. The standard InChI is InChI=1S/C14H28N2O2/c1-3-12(6-8-17)10-16-13(18)14(15)7-4-5-11(2)9-14/h11-12,17H,3-10,15H2,1-2H3,(H,16,18). The van der Waals surface area contributed by atoms with Crippen LogP contribution in [0.1, 0.15) is 52.4 Å². The lowest BCUT2D eigenvalue weighted by molar-refractivity contribution is -0.128. The topological polar surface area (TPSA) is 75.3 Å². The average Bonchev–Trinajstić information content (AvgIpc) is 2.33. The van der Waals surface area contributed by atoms with E-state index >= 15 is 0 Å². The first-order valence-electron chi connectivity index (χ1n) is 7.20. The third-order valence-electron chi connectivity index (χ3n) is 4.15. The molecule has 0 radical (unpaired) electrons. The Kier molecular flexibility index (Phi) is 6.09. The number of nitrogens with one attached hydrogen (secondary N) is 1. The lowest BCUT2D eigenvalue weighted by atomic mass is 9.76. The van der Waals surface area contributed by atoms with Crippen molar-refractivity contribution < 1.29 is 9.90 Å². The lowest BCUT2D eigenvalue weighted by Crippen LogP contribution is -2.56. The number of aliphatic hydroxyl groups excluding tert-OH is 1. The van der Waals surface area contributed by atoms with E-state index in [1.807, 2.05) is 0 Å². The SMILES string of the molecule is CCC(CCO)CNC(=O)C1(N)CCCC(C)C1. The summed E-state index contributed by atoms with van der Waals surface area (Å²) in [5.74, 6) is 0.878. The van der Waals surface area contributed by atoms with Crippen LogP contribution in [0.3, 0.4) is 0 Å². The number of rotatable bonds is 6. The number of hydrogen-bond acceptors (Lipinski definition) is 3. The van der Waals surface area contributed by atoms with Crippen molar-refractivity contribution in [1.29, 1.82) is 0 Å². The number of amides is 1. The van der Waals surface area contributed by atoms with Gasteiger partial charge in [0, 0.05) is 13.2 Å². The predicted octanol–water partition coefficient (Wildman–Crippen LogP) is 1.42. The minimum absolute atomic E-state index is 0.00885. The Bertz CT molecular complexity index is 271. The van der Waals surface area contributed by atoms with Crippen molar-refractivity contribution in [3.63, 3.8) is 0 Å². The molecule has 1 amide bonds. The number of carbonyl (C=O) groups excluding carboxylic acids is 1. The summed E-state index contributed by atoms with van der Waals surface area (Å²) in [5, 5.41) is 11.9. The Morgan fingerprint density at radius 2 is 2.33 bits per heavy atom. The van der Waals surface area contributed by atoms with Gasteiger partial charge < -0.3 is 16.2 Å². The second-order valence-electron chi connectivity index (χ2n) is 5.85. The molecule has 0 aliphatic heterocycles. The van der Waals surface area contributed by atoms with Gasteiger partial charge in [-0.1, -0.05) is 33.1 Å². The molecule has 0 aromatic carbocycles. The van der Waals surface area contributed by atoms with E-state index in [1.54, 1.807) is 0 Å². The van der Waals surface area contributed by atoms with Crippen LogP contribution in [-0.2, 0) is 4.79 Å². The summed E-state index contributed by atoms with van der Waals surface area (Å²) in [4.78, 5) is 12.2. The van der Waals surface area contributed by atoms with E-state index in [9.17, 15) is 4.79 Å². The molecule has 0 heterocycles. The fourth-order valence-electron chi connectivity index (χ4n) is 2.84. The first-order valence-corrected chi connectivity index (χ1v) is 7.20. The number of carbonyl (C=O) groups is 1. The fraction of sp³-hybridized carbons (Fsp3) is 0.929. The van der Waals surface area contributed by atoms with Gasteiger partial charge in [-0.05, 0) is 31.1 Å². The third-order valence-corrected chi connectivity index (χ3v) is 4.15. The summed E-state index contributed by atoms with van der Waals surface area (Å²) in [7, 11) is 0. The van der Waals surface area contributed by atoms with Crippen molar-refractivity contribution in [2.75, 3.05) is 13.2 Å². The lowest BCUT2D eigenvalue weighted by Gasteiger charge is -2.35. The summed E-state index contributed by atoms with van der Waals surface area (Å²) in [6, 6.07) is 0. The zero-order valence-electron chi connectivity index (χ0n) is 11.7. The summed E-state index contributed by atoms with van der Waals surface area (Å²) in [6.07, 6.45) is 5.50. The molecule has 1 aliphatic rings. The third kappa shape index (κ3) is 4.25. The Morgan fingerprint density at radius 3 is 2.89 bits per heavy atom. The van der Waals surface area contributed by atoms with E-state index in [2.05, 4.69) is 19.2 Å². The zero-order chi connectivity index (χ0) is 13.6. The van der Waals surface area contributed by atoms with Crippen molar-refractivity contribution >= 4 is 5.91 Å². The molecule has 18 heavy (non-hydrogen) atoms. The first kappa shape index (κ1) is 15.4. The minimum atomic E-state index is -0.671. The van der Waals surface area contributed by atoms with Crippen molar-refractivity contribution in [3.8, 4) is 0 Å². The van der Waals surface area contributed by atoms with Crippen LogP contribution in [0.15, 0.2) is 0 Å². The van der Waals surface area contributed by atoms with E-state index in [1.165, 1.54) is 6.42 Å². The van der Waals surface area contributed by atoms with Crippen LogP contribution in [0.2, 0.25) is 0 Å². The van der Waals surface area contributed by atoms with E-state index < -0.39 is 5.54 Å². The zero-order valence-corrected chi connectivity index (χ0v) is 11.7. The Labute approximate surface area is 110 Å². The van der Waals surface area contributed by atoms with Gasteiger partial charge in [-0.3, -0.25) is 4.79 Å². The van der Waals surface area contributed by atoms with E-state index in [4.69, 9.17) is 10.8 Å². The first-order chi connectivity index (χ1) is 8.51. The molecule has 1 fully saturated rings. The van der Waals surface area contributed by atoms with Gasteiger partial charge in [0.1, 0.15) is 0 Å². The molecule has 4 N–H and O–H groups in total. The highest BCUT2D eigenvalue weighted by molar-refractivity contribution is 5.86. The second kappa shape index (κ2) is 7.10. The molecule has 3 unspecified atom stereocenters. The van der Waals surface area contributed by atoms with Gasteiger partial charge in [0.25, 0.3) is 0 Å². The molecule has 1 saturated carbocycles. The van der Waals surface area contributed by atoms with Gasteiger partial charge in [-0.25, -0.2) is 0 Å². The molecule has 4 heteroatoms. The maximum Gasteiger partial charge on any atom is 0.240 e. The molecule has 0 saturated heterocycles. The summed E-state index contributed by atoms with van der Waals surface area (Å²) in [5.41, 5.74) is 5.56. The minimum Gasteiger partial charge on any atom is -0.396 e. The number of nitrogens with two attached hydrogens (primary N) is 1. The highest BCUT2D eigenvalue weighted by Gasteiger charge is 2.37. The molecular formula is C14H28N2O2.